The van der Waals surface area contributed by atoms with Gasteiger partial charge in [0.15, 0.2) is 0 Å². The first kappa shape index (κ1) is 20.5. The lowest BCUT2D eigenvalue weighted by Crippen LogP contribution is -2.60. The first-order chi connectivity index (χ1) is 14.5. The molecule has 30 heavy (non-hydrogen) atoms. The van der Waals surface area contributed by atoms with E-state index in [1.807, 2.05) is 0 Å². The molecule has 0 radical (unpaired) electrons. The molecule has 1 amide bonds. The molecule has 5 aliphatic rings. The number of amides is 1. The summed E-state index contributed by atoms with van der Waals surface area (Å²) in [7, 11) is 0. The molecule has 5 fully saturated rings. The molecule has 2 N–H and O–H groups in total. The van der Waals surface area contributed by atoms with Crippen molar-refractivity contribution >= 4 is 17.9 Å². The van der Waals surface area contributed by atoms with E-state index in [-0.39, 0.29) is 23.0 Å². The summed E-state index contributed by atoms with van der Waals surface area (Å²) in [4.78, 5) is 30.0. The van der Waals surface area contributed by atoms with Crippen molar-refractivity contribution in [2.75, 3.05) is 13.1 Å². The third-order valence-electron chi connectivity index (χ3n) is 9.89. The molecule has 4 aliphatic carbocycles. The van der Waals surface area contributed by atoms with Gasteiger partial charge < -0.3 is 15.5 Å². The van der Waals surface area contributed by atoms with Gasteiger partial charge >= 0.3 is 0 Å². The maximum absolute atomic E-state index is 12.7. The number of carbonyl (C=O) groups excluding carboxylic acids is 2. The molecule has 1 saturated heterocycles. The van der Waals surface area contributed by atoms with Crippen LogP contribution in [0, 0.1) is 34.5 Å². The third-order valence-corrected chi connectivity index (χ3v) is 9.89. The number of rotatable bonds is 4. The van der Waals surface area contributed by atoms with E-state index in [1.54, 1.807) is 0 Å². The van der Waals surface area contributed by atoms with Crippen LogP contribution in [0.25, 0.3) is 0 Å². The van der Waals surface area contributed by atoms with Crippen molar-refractivity contribution in [3.8, 4) is 0 Å². The molecule has 1 aliphatic heterocycles. The molecule has 1 heterocycles. The van der Waals surface area contributed by atoms with Crippen LogP contribution in [0.4, 0.5) is 0 Å². The molecule has 8 atom stereocenters. The van der Waals surface area contributed by atoms with Crippen molar-refractivity contribution in [2.24, 2.45) is 39.7 Å². The fourth-order valence-electron chi connectivity index (χ4n) is 8.14. The highest BCUT2D eigenvalue weighted by Crippen LogP contribution is 2.65. The Hall–Kier alpha value is -1.43. The zero-order chi connectivity index (χ0) is 20.9. The van der Waals surface area contributed by atoms with Gasteiger partial charge in [-0.15, -0.1) is 0 Å². The van der Waals surface area contributed by atoms with E-state index in [4.69, 9.17) is 4.84 Å². The molecule has 0 bridgehead atoms. The van der Waals surface area contributed by atoms with Crippen LogP contribution < -0.4 is 10.6 Å². The molecule has 6 heteroatoms. The molecular formula is C24H37N3O3. The van der Waals surface area contributed by atoms with Gasteiger partial charge in [-0.05, 0) is 80.6 Å². The van der Waals surface area contributed by atoms with Crippen LogP contribution in [0.2, 0.25) is 0 Å². The monoisotopic (exact) mass is 415 g/mol. The molecule has 6 nitrogen and oxygen atoms in total. The summed E-state index contributed by atoms with van der Waals surface area (Å²) in [5, 5.41) is 11.1. The molecule has 0 aromatic carbocycles. The lowest BCUT2D eigenvalue weighted by atomic mass is 9.44. The van der Waals surface area contributed by atoms with Gasteiger partial charge in [0.1, 0.15) is 11.9 Å². The van der Waals surface area contributed by atoms with Crippen molar-refractivity contribution in [3.63, 3.8) is 0 Å². The summed E-state index contributed by atoms with van der Waals surface area (Å²) in [5.74, 6) is 2.58. The summed E-state index contributed by atoms with van der Waals surface area (Å²) in [5.41, 5.74) is 1.24. The van der Waals surface area contributed by atoms with Gasteiger partial charge in [-0.2, -0.15) is 0 Å². The van der Waals surface area contributed by atoms with Crippen molar-refractivity contribution in [2.45, 2.75) is 83.8 Å². The van der Waals surface area contributed by atoms with E-state index in [2.05, 4.69) is 29.6 Å². The molecule has 4 saturated carbocycles. The van der Waals surface area contributed by atoms with Crippen molar-refractivity contribution in [3.05, 3.63) is 0 Å². The van der Waals surface area contributed by atoms with Gasteiger partial charge in [-0.1, -0.05) is 19.0 Å². The van der Waals surface area contributed by atoms with E-state index in [1.165, 1.54) is 0 Å². The Morgan fingerprint density at radius 2 is 2.00 bits per heavy atom. The minimum absolute atomic E-state index is 0.124. The number of ketones is 1. The lowest BCUT2D eigenvalue weighted by Gasteiger charge is -2.61. The summed E-state index contributed by atoms with van der Waals surface area (Å²) in [6.07, 6.45) is 10.1. The van der Waals surface area contributed by atoms with Gasteiger partial charge in [-0.3, -0.25) is 9.59 Å². The smallest absolute Gasteiger partial charge is 0.207 e. The van der Waals surface area contributed by atoms with Crippen molar-refractivity contribution < 1.29 is 14.4 Å². The minimum Gasteiger partial charge on any atom is -0.391 e. The fraction of sp³-hybridized carbons (Fsp3) is 0.875. The highest BCUT2D eigenvalue weighted by Gasteiger charge is 2.62. The molecule has 0 aromatic heterocycles. The van der Waals surface area contributed by atoms with Crippen LogP contribution in [-0.2, 0) is 14.4 Å². The SMILES string of the molecule is C[C@]12CCC(=NO[C@@H]3CCNC3)CC1[C@@H](NC=O)C[C@@H]1[C@@H]2CC[C@]2(C)C(=O)CC[C@@H]12. The molecule has 5 rings (SSSR count). The van der Waals surface area contributed by atoms with Crippen LogP contribution in [0.15, 0.2) is 5.16 Å². The number of fused-ring (bicyclic) bond motifs is 5. The van der Waals surface area contributed by atoms with Gasteiger partial charge in [0, 0.05) is 30.8 Å². The Labute approximate surface area is 179 Å². The topological polar surface area (TPSA) is 79.8 Å². The normalized spacial score (nSPS) is 49.3. The average Bonchev–Trinajstić information content (AvgIpc) is 3.35. The maximum Gasteiger partial charge on any atom is 0.207 e. The second kappa shape index (κ2) is 7.61. The molecule has 1 unspecified atom stereocenters. The zero-order valence-corrected chi connectivity index (χ0v) is 18.5. The summed E-state index contributed by atoms with van der Waals surface area (Å²) < 4.78 is 0. The number of hydrogen-bond donors (Lipinski definition) is 2. The molecule has 0 spiro atoms. The van der Waals surface area contributed by atoms with Crippen LogP contribution in [-0.4, -0.2) is 43.1 Å². The maximum atomic E-state index is 12.7. The van der Waals surface area contributed by atoms with E-state index in [9.17, 15) is 9.59 Å². The highest BCUT2D eigenvalue weighted by atomic mass is 16.6. The Morgan fingerprint density at radius 1 is 1.13 bits per heavy atom. The minimum atomic E-state index is -0.124. The fourth-order valence-corrected chi connectivity index (χ4v) is 8.14. The number of Topliss-reactive ketones (excluding diaryl/α,β-unsaturated/α-hetero) is 1. The first-order valence-corrected chi connectivity index (χ1v) is 12.1. The largest absolute Gasteiger partial charge is 0.391 e. The van der Waals surface area contributed by atoms with E-state index in [0.717, 1.165) is 83.0 Å². The Bertz CT molecular complexity index is 733. The average molecular weight is 416 g/mol. The second-order valence-corrected chi connectivity index (χ2v) is 11.1. The van der Waals surface area contributed by atoms with Gasteiger partial charge in [0.25, 0.3) is 0 Å². The summed E-state index contributed by atoms with van der Waals surface area (Å²) in [6, 6.07) is 0.172. The standard InChI is InChI=1S/C24H37N3O3/c1-23-8-5-15(27-30-16-7-10-25-13-16)11-20(23)21(26-14-28)12-17-18-3-4-22(29)24(18,2)9-6-19(17)23/h14,16-21,25H,3-13H2,1-2H3,(H,26,28)/t16-,17+,18+,19+,20?,21+,23-,24+/m1/s1. The molecular weight excluding hydrogens is 378 g/mol. The van der Waals surface area contributed by atoms with Crippen molar-refractivity contribution in [1.82, 2.24) is 10.6 Å². The Morgan fingerprint density at radius 3 is 2.77 bits per heavy atom. The summed E-state index contributed by atoms with van der Waals surface area (Å²) in [6.45, 7) is 6.58. The van der Waals surface area contributed by atoms with Crippen LogP contribution in [0.5, 0.6) is 0 Å². The Balaban J connectivity index is 1.38. The van der Waals surface area contributed by atoms with Crippen molar-refractivity contribution in [1.29, 1.82) is 0 Å². The van der Waals surface area contributed by atoms with Gasteiger partial charge in [-0.25, -0.2) is 0 Å². The second-order valence-electron chi connectivity index (χ2n) is 11.1. The third kappa shape index (κ3) is 3.12. The number of nitrogens with one attached hydrogen (secondary N) is 2. The number of carbonyl (C=O) groups is 2. The van der Waals surface area contributed by atoms with Crippen LogP contribution >= 0.6 is 0 Å². The molecule has 0 aromatic rings. The van der Waals surface area contributed by atoms with Crippen LogP contribution in [0.3, 0.4) is 0 Å². The predicted octanol–water partition coefficient (Wildman–Crippen LogP) is 3.06. The van der Waals surface area contributed by atoms with Gasteiger partial charge in [0.05, 0.1) is 5.71 Å². The quantitative estimate of drug-likeness (QED) is 0.546. The predicted molar refractivity (Wildman–Crippen MR) is 115 cm³/mol. The molecule has 166 valence electrons. The van der Waals surface area contributed by atoms with E-state index in [0.29, 0.717) is 29.5 Å². The Kier molecular flexibility index (Phi) is 5.19. The summed E-state index contributed by atoms with van der Waals surface area (Å²) >= 11 is 0. The highest BCUT2D eigenvalue weighted by molar-refractivity contribution is 5.87. The number of hydrogen-bond acceptors (Lipinski definition) is 5. The zero-order valence-electron chi connectivity index (χ0n) is 18.5. The van der Waals surface area contributed by atoms with Gasteiger partial charge in [0.2, 0.25) is 6.41 Å². The number of nitrogens with zero attached hydrogens (tertiary/aromatic N) is 1. The lowest BCUT2D eigenvalue weighted by molar-refractivity contribution is -0.140. The number of oxime groups is 1. The van der Waals surface area contributed by atoms with E-state index < -0.39 is 0 Å². The van der Waals surface area contributed by atoms with Crippen LogP contribution in [0.1, 0.15) is 71.6 Å². The van der Waals surface area contributed by atoms with E-state index >= 15 is 0 Å². The first-order valence-electron chi connectivity index (χ1n) is 12.1.